The second kappa shape index (κ2) is 21.8. The van der Waals surface area contributed by atoms with Gasteiger partial charge in [0.25, 0.3) is 11.5 Å². The van der Waals surface area contributed by atoms with Crippen LogP contribution in [-0.2, 0) is 14.4 Å². The third-order valence-electron chi connectivity index (χ3n) is 14.8. The highest BCUT2D eigenvalue weighted by atomic mass is 32.1. The first-order valence-corrected chi connectivity index (χ1v) is 26.0. The maximum atomic E-state index is 14.2. The Labute approximate surface area is 417 Å². The highest BCUT2D eigenvalue weighted by Gasteiger charge is 2.40. The minimum Gasteiger partial charge on any atom is -0.484 e. The van der Waals surface area contributed by atoms with Crippen molar-refractivity contribution < 1.29 is 28.7 Å². The monoisotopic (exact) mass is 985 g/mol. The molecule has 4 fully saturated rings. The quantitative estimate of drug-likeness (QED) is 0.0926. The highest BCUT2D eigenvalue weighted by molar-refractivity contribution is 7.10. The number of anilines is 3. The first-order chi connectivity index (χ1) is 34.4. The Bertz CT molecular complexity index is 2850. The fourth-order valence-electron chi connectivity index (χ4n) is 10.7. The lowest BCUT2D eigenvalue weighted by molar-refractivity contribution is -0.139. The van der Waals surface area contributed by atoms with Crippen molar-refractivity contribution in [2.45, 2.75) is 116 Å². The summed E-state index contributed by atoms with van der Waals surface area (Å²) in [5.74, 6) is 0.311. The van der Waals surface area contributed by atoms with Crippen molar-refractivity contribution in [3.8, 4) is 5.75 Å². The summed E-state index contributed by atoms with van der Waals surface area (Å²) in [6, 6.07) is 9.21. The average molecular weight is 986 g/mol. The normalized spacial score (nSPS) is 18.6. The summed E-state index contributed by atoms with van der Waals surface area (Å²) >= 11 is 1.36. The number of amides is 3. The molecule has 2 aliphatic carbocycles. The summed E-state index contributed by atoms with van der Waals surface area (Å²) in [5, 5.41) is 12.3. The molecule has 3 N–H and O–H groups in total. The molecule has 1 aromatic carbocycles. The largest absolute Gasteiger partial charge is 0.484 e. The van der Waals surface area contributed by atoms with Gasteiger partial charge in [-0.1, -0.05) is 44.2 Å². The summed E-state index contributed by atoms with van der Waals surface area (Å²) < 4.78 is 7.63. The number of thiazole rings is 1. The molecule has 0 spiro atoms. The second-order valence-electron chi connectivity index (χ2n) is 19.3. The fourth-order valence-corrected chi connectivity index (χ4v) is 11.6. The Morgan fingerprint density at radius 3 is 2.35 bits per heavy atom. The van der Waals surface area contributed by atoms with Crippen molar-refractivity contribution in [1.29, 1.82) is 0 Å². The first-order valence-electron chi connectivity index (χ1n) is 25.1. The number of aromatic nitrogens is 5. The zero-order valence-electron chi connectivity index (χ0n) is 40.9. The minimum absolute atomic E-state index is 0.0237. The van der Waals surface area contributed by atoms with E-state index in [-0.39, 0.29) is 70.7 Å². The van der Waals surface area contributed by atoms with E-state index in [9.17, 15) is 28.8 Å². The van der Waals surface area contributed by atoms with E-state index < -0.39 is 12.1 Å². The molecule has 5 aromatic rings. The number of carbonyl (C=O) groups is 5. The van der Waals surface area contributed by atoms with E-state index in [0.717, 1.165) is 76.3 Å². The van der Waals surface area contributed by atoms with E-state index in [1.165, 1.54) is 18.3 Å². The third kappa shape index (κ3) is 10.7. The van der Waals surface area contributed by atoms with Gasteiger partial charge >= 0.3 is 0 Å². The van der Waals surface area contributed by atoms with Crippen LogP contribution in [0.5, 0.6) is 5.75 Å². The number of ether oxygens (including phenoxy) is 1. The van der Waals surface area contributed by atoms with Gasteiger partial charge in [-0.2, -0.15) is 4.98 Å². The Hall–Kier alpha value is -6.60. The SMILES string of the molecule is CN[C@@H](C)C(=O)N[C@H](C(=O)N1CCC[C@H]1c1nc(C(=O)c2cccc(OCC(=O)N3CCN(c4ccc(Nc5ncc6c(C)c(C(C)=O)c(=O)n(C7CCCC7)c6n5)nc4)CC3)c2)cs1)C1CCCCC1. The molecule has 374 valence electrons. The number of rotatable bonds is 16. The molecule has 0 bridgehead atoms. The van der Waals surface area contributed by atoms with Crippen molar-refractivity contribution in [2.24, 2.45) is 5.92 Å². The highest BCUT2D eigenvalue weighted by Crippen LogP contribution is 2.37. The van der Waals surface area contributed by atoms with Crippen molar-refractivity contribution in [3.05, 3.63) is 91.9 Å². The van der Waals surface area contributed by atoms with E-state index in [1.807, 2.05) is 17.0 Å². The minimum atomic E-state index is -0.604. The van der Waals surface area contributed by atoms with Crippen LogP contribution in [0.25, 0.3) is 11.0 Å². The molecule has 19 heteroatoms. The molecule has 0 unspecified atom stereocenters. The van der Waals surface area contributed by atoms with Gasteiger partial charge in [-0.15, -0.1) is 11.3 Å². The van der Waals surface area contributed by atoms with Gasteiger partial charge in [-0.05, 0) is 102 Å². The number of hydrogen-bond donors (Lipinski definition) is 3. The number of benzene rings is 1. The third-order valence-corrected chi connectivity index (χ3v) is 15.7. The molecule has 9 rings (SSSR count). The van der Waals surface area contributed by atoms with E-state index in [0.29, 0.717) is 77.4 Å². The van der Waals surface area contributed by atoms with Crippen LogP contribution in [0, 0.1) is 12.8 Å². The zero-order valence-corrected chi connectivity index (χ0v) is 41.8. The predicted octanol–water partition coefficient (Wildman–Crippen LogP) is 6.31. The molecular formula is C52H63N11O7S. The number of likely N-dealkylation sites (tertiary alicyclic amines) is 1. The standard InChI is InChI=1S/C52H63N11O7S/c1-31-39-28-55-52(59-47(39)63(36-15-8-9-16-36)50(68)44(31)33(3)64)57-42-20-19-37(27-54-42)60-22-24-61(25-23-60)43(65)29-70-38-17-10-14-35(26-38)46(66)40-30-71-49(56-40)41-18-11-21-62(41)51(69)45(34-12-6-5-7-13-34)58-48(67)32(2)53-4/h10,14,17,19-20,26-28,30,32,34,36,41,45,53H,5-9,11-13,15-16,18,21-25,29H2,1-4H3,(H,58,67)(H,54,55,57,59)/t32-,41-,45-/m0/s1. The van der Waals surface area contributed by atoms with Gasteiger partial charge in [0.15, 0.2) is 12.4 Å². The summed E-state index contributed by atoms with van der Waals surface area (Å²) in [4.78, 5) is 105. The average Bonchev–Trinajstić information content (AvgIpc) is 4.21. The van der Waals surface area contributed by atoms with Gasteiger partial charge in [0.1, 0.15) is 34.0 Å². The van der Waals surface area contributed by atoms with Gasteiger partial charge in [-0.3, -0.25) is 33.3 Å². The summed E-state index contributed by atoms with van der Waals surface area (Å²) in [6.07, 6.45) is 13.7. The maximum absolute atomic E-state index is 14.2. The molecular weight excluding hydrogens is 923 g/mol. The van der Waals surface area contributed by atoms with E-state index in [4.69, 9.17) is 14.7 Å². The molecule has 0 radical (unpaired) electrons. The smallest absolute Gasteiger partial charge is 0.263 e. The number of nitrogens with one attached hydrogen (secondary N) is 3. The number of fused-ring (bicyclic) bond motifs is 1. The number of hydrogen-bond acceptors (Lipinski definition) is 15. The number of piperazine rings is 1. The molecule has 6 heterocycles. The van der Waals surface area contributed by atoms with E-state index in [2.05, 4.69) is 30.8 Å². The van der Waals surface area contributed by atoms with Crippen LogP contribution in [0.1, 0.15) is 134 Å². The summed E-state index contributed by atoms with van der Waals surface area (Å²) in [6.45, 7) is 7.51. The second-order valence-corrected chi connectivity index (χ2v) is 20.2. The van der Waals surface area contributed by atoms with Crippen molar-refractivity contribution in [1.82, 2.24) is 44.9 Å². The lowest BCUT2D eigenvalue weighted by Crippen LogP contribution is -2.55. The maximum Gasteiger partial charge on any atom is 0.263 e. The number of pyridine rings is 2. The molecule has 18 nitrogen and oxygen atoms in total. The van der Waals surface area contributed by atoms with E-state index >= 15 is 0 Å². The number of aryl methyl sites for hydroxylation is 1. The first kappa shape index (κ1) is 49.4. The molecule has 2 aliphatic heterocycles. The summed E-state index contributed by atoms with van der Waals surface area (Å²) in [7, 11) is 1.73. The number of nitrogens with zero attached hydrogens (tertiary/aromatic N) is 8. The molecule has 4 aromatic heterocycles. The van der Waals surface area contributed by atoms with E-state index in [1.54, 1.807) is 72.4 Å². The Morgan fingerprint density at radius 2 is 1.63 bits per heavy atom. The van der Waals surface area contributed by atoms with Gasteiger partial charge in [-0.25, -0.2) is 15.0 Å². The molecule has 3 amide bonds. The number of carbonyl (C=O) groups excluding carboxylic acids is 5. The number of likely N-dealkylation sites (N-methyl/N-ethyl adjacent to an activating group) is 1. The van der Waals surface area contributed by atoms with Crippen LogP contribution >= 0.6 is 11.3 Å². The van der Waals surface area contributed by atoms with Crippen molar-refractivity contribution in [3.63, 3.8) is 0 Å². The Balaban J connectivity index is 0.774. The lowest BCUT2D eigenvalue weighted by atomic mass is 9.83. The molecule has 71 heavy (non-hydrogen) atoms. The van der Waals surface area contributed by atoms with Crippen LogP contribution in [0.3, 0.4) is 0 Å². The summed E-state index contributed by atoms with van der Waals surface area (Å²) in [5.41, 5.74) is 2.54. The molecule has 2 saturated heterocycles. The van der Waals surface area contributed by atoms with Gasteiger partial charge < -0.3 is 35.4 Å². The van der Waals surface area contributed by atoms with Crippen molar-refractivity contribution >= 4 is 69.1 Å². The Morgan fingerprint density at radius 1 is 0.873 bits per heavy atom. The molecule has 2 saturated carbocycles. The van der Waals surface area contributed by atoms with Crippen molar-refractivity contribution in [2.75, 3.05) is 56.6 Å². The number of ketones is 2. The van der Waals surface area contributed by atoms with Crippen LogP contribution < -0.4 is 31.1 Å². The van der Waals surface area contributed by atoms with Gasteiger partial charge in [0, 0.05) is 61.3 Å². The fraction of sp³-hybridized carbons (Fsp3) is 0.500. The predicted molar refractivity (Wildman–Crippen MR) is 271 cm³/mol. The molecule has 3 atom stereocenters. The zero-order chi connectivity index (χ0) is 49.8. The van der Waals surface area contributed by atoms with Crippen LogP contribution in [0.4, 0.5) is 17.5 Å². The molecule has 4 aliphatic rings. The Kier molecular flexibility index (Phi) is 15.2. The van der Waals surface area contributed by atoms with Gasteiger partial charge in [0.05, 0.1) is 29.5 Å². The lowest BCUT2D eigenvalue weighted by Gasteiger charge is -2.35. The van der Waals surface area contributed by atoms with Crippen LogP contribution in [0.15, 0.2) is 59.0 Å². The van der Waals surface area contributed by atoms with Gasteiger partial charge in [0.2, 0.25) is 23.5 Å². The number of Topliss-reactive ketones (excluding diaryl/α,β-unsaturated/α-hetero) is 1. The topological polar surface area (TPSA) is 214 Å². The van der Waals surface area contributed by atoms with Crippen LogP contribution in [-0.4, -0.2) is 122 Å². The van der Waals surface area contributed by atoms with Crippen LogP contribution in [0.2, 0.25) is 0 Å².